The largest absolute Gasteiger partial charge is 0.319 e. The number of carbonyl (C=O) groups excluding carboxylic acids is 2. The van der Waals surface area contributed by atoms with Gasteiger partial charge in [0.05, 0.1) is 18.4 Å². The van der Waals surface area contributed by atoms with Crippen LogP contribution in [-0.2, 0) is 13.8 Å². The number of fused-ring (bicyclic) bond motifs is 1. The van der Waals surface area contributed by atoms with E-state index in [1.54, 1.807) is 7.11 Å². The third kappa shape index (κ3) is 2.58. The molecule has 0 aromatic rings. The Morgan fingerprint density at radius 3 is 2.74 bits per heavy atom. The Labute approximate surface area is 142 Å². The van der Waals surface area contributed by atoms with Gasteiger partial charge in [0.2, 0.25) is 11.8 Å². The van der Waals surface area contributed by atoms with Crippen LogP contribution in [0.1, 0.15) is 26.7 Å². The lowest BCUT2D eigenvalue weighted by atomic mass is 9.57. The van der Waals surface area contributed by atoms with Crippen molar-refractivity contribution in [3.8, 4) is 0 Å². The van der Waals surface area contributed by atoms with Gasteiger partial charge >= 0.3 is 0 Å². The van der Waals surface area contributed by atoms with Gasteiger partial charge < -0.3 is 4.18 Å². The second-order valence-electron chi connectivity index (χ2n) is 6.98. The Morgan fingerprint density at radius 1 is 1.35 bits per heavy atom. The van der Waals surface area contributed by atoms with E-state index in [1.165, 1.54) is 16.9 Å². The van der Waals surface area contributed by atoms with Crippen LogP contribution in [0.15, 0.2) is 24.3 Å². The second-order valence-corrected chi connectivity index (χ2v) is 7.96. The summed E-state index contributed by atoms with van der Waals surface area (Å²) in [6.07, 6.45) is 10.1. The van der Waals surface area contributed by atoms with Crippen molar-refractivity contribution in [1.82, 2.24) is 4.90 Å². The van der Waals surface area contributed by atoms with Gasteiger partial charge in [-0.1, -0.05) is 31.2 Å². The molecule has 1 fully saturated rings. The molecule has 126 valence electrons. The molecule has 2 amide bonds. The van der Waals surface area contributed by atoms with E-state index in [9.17, 15) is 9.59 Å². The minimum Gasteiger partial charge on any atom is -0.319 e. The van der Waals surface area contributed by atoms with Crippen LogP contribution in [0.4, 0.5) is 0 Å². The molecule has 3 aliphatic rings. The van der Waals surface area contributed by atoms with E-state index in [2.05, 4.69) is 31.2 Å². The van der Waals surface area contributed by atoms with Gasteiger partial charge in [0.1, 0.15) is 0 Å². The molecule has 0 spiro atoms. The van der Waals surface area contributed by atoms with Gasteiger partial charge in [-0.25, -0.2) is 0 Å². The third-order valence-electron chi connectivity index (χ3n) is 5.79. The number of hydrogen-bond acceptors (Lipinski definition) is 4. The molecule has 5 heteroatoms. The molecular weight excluding hydrogens is 310 g/mol. The molecule has 0 aromatic carbocycles. The minimum absolute atomic E-state index is 0.0187. The molecule has 0 N–H and O–H groups in total. The quantitative estimate of drug-likeness (QED) is 0.324. The van der Waals surface area contributed by atoms with Crippen LogP contribution in [0.25, 0.3) is 0 Å². The number of nitrogens with zero attached hydrogens (tertiary/aromatic N) is 1. The van der Waals surface area contributed by atoms with E-state index in [4.69, 9.17) is 4.18 Å². The molecular formula is C18H25NO3S. The van der Waals surface area contributed by atoms with Crippen molar-refractivity contribution in [3.05, 3.63) is 24.3 Å². The van der Waals surface area contributed by atoms with Gasteiger partial charge in [-0.15, -0.1) is 0 Å². The fraction of sp³-hybridized carbons (Fsp3) is 0.667. The Hall–Kier alpha value is -1.07. The summed E-state index contributed by atoms with van der Waals surface area (Å²) in [5, 5.41) is 0. The topological polar surface area (TPSA) is 46.6 Å². The van der Waals surface area contributed by atoms with Crippen molar-refractivity contribution in [2.45, 2.75) is 26.7 Å². The summed E-state index contributed by atoms with van der Waals surface area (Å²) in [6.45, 7) is 4.70. The molecule has 4 nitrogen and oxygen atoms in total. The minimum atomic E-state index is -0.579. The second kappa shape index (κ2) is 6.44. The van der Waals surface area contributed by atoms with Crippen LogP contribution in [0, 0.1) is 29.1 Å². The summed E-state index contributed by atoms with van der Waals surface area (Å²) < 4.78 is 4.97. The van der Waals surface area contributed by atoms with Crippen LogP contribution >= 0.6 is 12.0 Å². The number of allylic oxidation sites excluding steroid dienone is 4. The molecule has 0 saturated carbocycles. The first-order chi connectivity index (χ1) is 11.0. The molecule has 0 bridgehead atoms. The number of likely N-dealkylation sites (tertiary alicyclic amines) is 1. The number of amides is 2. The lowest BCUT2D eigenvalue weighted by Crippen LogP contribution is -2.46. The van der Waals surface area contributed by atoms with Gasteiger partial charge in [0.25, 0.3) is 0 Å². The highest BCUT2D eigenvalue weighted by Gasteiger charge is 2.61. The number of carbonyl (C=O) groups is 2. The van der Waals surface area contributed by atoms with Gasteiger partial charge in [0, 0.05) is 12.3 Å². The van der Waals surface area contributed by atoms with E-state index in [0.29, 0.717) is 24.8 Å². The van der Waals surface area contributed by atoms with Gasteiger partial charge in [-0.2, -0.15) is 0 Å². The predicted octanol–water partition coefficient (Wildman–Crippen LogP) is 3.06. The first kappa shape index (κ1) is 16.8. The Bertz CT molecular complexity index is 558. The molecule has 1 saturated heterocycles. The van der Waals surface area contributed by atoms with Crippen molar-refractivity contribution in [2.24, 2.45) is 29.1 Å². The number of imide groups is 1. The maximum Gasteiger partial charge on any atom is 0.236 e. The van der Waals surface area contributed by atoms with E-state index < -0.39 is 5.41 Å². The maximum absolute atomic E-state index is 13.1. The van der Waals surface area contributed by atoms with Crippen LogP contribution in [0.2, 0.25) is 0 Å². The Morgan fingerprint density at radius 2 is 2.13 bits per heavy atom. The molecule has 1 aliphatic heterocycles. The normalized spacial score (nSPS) is 38.8. The number of rotatable bonds is 6. The molecule has 3 rings (SSSR count). The van der Waals surface area contributed by atoms with Crippen molar-refractivity contribution >= 4 is 23.9 Å². The highest BCUT2D eigenvalue weighted by Crippen LogP contribution is 2.54. The Kier molecular flexibility index (Phi) is 4.70. The standard InChI is InChI=1S/C18H25NO3S/c1-12-8-9-13(12)14-6-4-7-15-16(20)19(10-5-11-23-22-3)17(21)18(14,15)2/h4,6,8-9,12-15H,5,7,10-11H2,1-3H3. The monoisotopic (exact) mass is 335 g/mol. The molecule has 23 heavy (non-hydrogen) atoms. The van der Waals surface area contributed by atoms with E-state index >= 15 is 0 Å². The predicted molar refractivity (Wildman–Crippen MR) is 91.4 cm³/mol. The van der Waals surface area contributed by atoms with E-state index in [-0.39, 0.29) is 23.7 Å². The first-order valence-corrected chi connectivity index (χ1v) is 9.29. The summed E-state index contributed by atoms with van der Waals surface area (Å²) in [7, 11) is 1.63. The fourth-order valence-corrected chi connectivity index (χ4v) is 4.69. The number of hydrogen-bond donors (Lipinski definition) is 0. The van der Waals surface area contributed by atoms with Crippen molar-refractivity contribution < 1.29 is 13.8 Å². The Balaban J connectivity index is 1.79. The highest BCUT2D eigenvalue weighted by atomic mass is 32.2. The zero-order chi connectivity index (χ0) is 16.6. The smallest absolute Gasteiger partial charge is 0.236 e. The third-order valence-corrected chi connectivity index (χ3v) is 6.48. The summed E-state index contributed by atoms with van der Waals surface area (Å²) in [6, 6.07) is 0. The molecule has 5 unspecified atom stereocenters. The van der Waals surface area contributed by atoms with Crippen LogP contribution in [0.3, 0.4) is 0 Å². The molecule has 0 aromatic heterocycles. The molecule has 1 heterocycles. The zero-order valence-electron chi connectivity index (χ0n) is 14.0. The van der Waals surface area contributed by atoms with Crippen molar-refractivity contribution in [2.75, 3.05) is 19.4 Å². The lowest BCUT2D eigenvalue weighted by molar-refractivity contribution is -0.142. The summed E-state index contributed by atoms with van der Waals surface area (Å²) in [5.41, 5.74) is -0.579. The van der Waals surface area contributed by atoms with E-state index in [0.717, 1.165) is 12.2 Å². The van der Waals surface area contributed by atoms with E-state index in [1.807, 2.05) is 6.92 Å². The fourth-order valence-electron chi connectivity index (χ4n) is 4.28. The first-order valence-electron chi connectivity index (χ1n) is 8.38. The van der Waals surface area contributed by atoms with Crippen molar-refractivity contribution in [3.63, 3.8) is 0 Å². The zero-order valence-corrected chi connectivity index (χ0v) is 14.8. The highest BCUT2D eigenvalue weighted by molar-refractivity contribution is 7.94. The van der Waals surface area contributed by atoms with Gasteiger partial charge in [0.15, 0.2) is 0 Å². The summed E-state index contributed by atoms with van der Waals surface area (Å²) in [5.74, 6) is 1.63. The summed E-state index contributed by atoms with van der Waals surface area (Å²) in [4.78, 5) is 27.4. The maximum atomic E-state index is 13.1. The molecule has 0 radical (unpaired) electrons. The van der Waals surface area contributed by atoms with Crippen LogP contribution < -0.4 is 0 Å². The summed E-state index contributed by atoms with van der Waals surface area (Å²) >= 11 is 1.37. The van der Waals surface area contributed by atoms with Crippen LogP contribution in [-0.4, -0.2) is 36.1 Å². The average Bonchev–Trinajstić information content (AvgIpc) is 2.72. The van der Waals surface area contributed by atoms with Crippen LogP contribution in [0.5, 0.6) is 0 Å². The lowest BCUT2D eigenvalue weighted by Gasteiger charge is -2.44. The average molecular weight is 335 g/mol. The van der Waals surface area contributed by atoms with Crippen molar-refractivity contribution in [1.29, 1.82) is 0 Å². The SMILES string of the molecule is COSCCCN1C(=O)C2CC=CC(C3C=CC3C)C2(C)C1=O. The molecule has 5 atom stereocenters. The van der Waals surface area contributed by atoms with Gasteiger partial charge in [-0.3, -0.25) is 14.5 Å². The molecule has 2 aliphatic carbocycles. The van der Waals surface area contributed by atoms with Gasteiger partial charge in [-0.05, 0) is 49.6 Å².